The molecular weight excluding hydrogens is 406 g/mol. The minimum Gasteiger partial charge on any atom is -0.506 e. The molecule has 3 aromatic carbocycles. The number of ketones is 2. The van der Waals surface area contributed by atoms with Gasteiger partial charge in [0.05, 0.1) is 35.2 Å². The van der Waals surface area contributed by atoms with Crippen LogP contribution in [0.25, 0.3) is 21.7 Å². The number of para-hydroxylation sites is 1. The molecule has 2 heterocycles. The van der Waals surface area contributed by atoms with E-state index in [4.69, 9.17) is 0 Å². The zero-order chi connectivity index (χ0) is 22.0. The normalized spacial score (nSPS) is 12.9. The summed E-state index contributed by atoms with van der Waals surface area (Å²) in [5.74, 6) is -1.82. The van der Waals surface area contributed by atoms with Crippen LogP contribution in [0.3, 0.4) is 0 Å². The minimum atomic E-state index is -0.599. The second kappa shape index (κ2) is 6.49. The molecule has 0 unspecified atom stereocenters. The van der Waals surface area contributed by atoms with Crippen molar-refractivity contribution >= 4 is 33.2 Å². The highest BCUT2D eigenvalue weighted by atomic mass is 16.3. The summed E-state index contributed by atoms with van der Waals surface area (Å²) in [6, 6.07) is 18.0. The summed E-state index contributed by atoms with van der Waals surface area (Å²) in [5, 5.41) is 23.2. The Balaban J connectivity index is 1.51. The fraction of sp³-hybridized carbons (Fsp3) is 0.0400. The summed E-state index contributed by atoms with van der Waals surface area (Å²) in [6.07, 6.45) is 1.41. The average molecular weight is 421 g/mol. The van der Waals surface area contributed by atoms with E-state index in [2.05, 4.69) is 9.97 Å². The van der Waals surface area contributed by atoms with Crippen LogP contribution in [0.5, 0.6) is 11.5 Å². The van der Waals surface area contributed by atoms with E-state index in [0.29, 0.717) is 16.5 Å². The fourth-order valence-corrected chi connectivity index (χ4v) is 4.36. The van der Waals surface area contributed by atoms with Crippen LogP contribution in [0.15, 0.2) is 67.0 Å². The lowest BCUT2D eigenvalue weighted by Gasteiger charge is -2.20. The number of phenolic OH excluding ortho intramolecular Hbond substituents is 2. The molecule has 0 aliphatic heterocycles. The van der Waals surface area contributed by atoms with Gasteiger partial charge in [0, 0.05) is 16.2 Å². The standard InChI is InChI=1S/C25H15N3O4/c29-22-15-6-2-3-7-16(15)23(30)19-18(22)24(31)20-21(25(19)32)28(12-26-20)11-14-10-9-13-5-1-4-8-17(13)27-14/h1-10,12,29-30H,11H2. The summed E-state index contributed by atoms with van der Waals surface area (Å²) in [7, 11) is 0. The molecule has 7 nitrogen and oxygen atoms in total. The quantitative estimate of drug-likeness (QED) is 0.412. The Morgan fingerprint density at radius 1 is 0.781 bits per heavy atom. The third-order valence-electron chi connectivity index (χ3n) is 5.87. The predicted octanol–water partition coefficient (Wildman–Crippen LogP) is 3.82. The Hall–Kier alpha value is -4.52. The summed E-state index contributed by atoms with van der Waals surface area (Å²) < 4.78 is 1.56. The largest absolute Gasteiger partial charge is 0.506 e. The number of hydrogen-bond acceptors (Lipinski definition) is 6. The second-order valence-electron chi connectivity index (χ2n) is 7.72. The Morgan fingerprint density at radius 2 is 1.44 bits per heavy atom. The van der Waals surface area contributed by atoms with Gasteiger partial charge in [0.15, 0.2) is 0 Å². The molecule has 0 fully saturated rings. The van der Waals surface area contributed by atoms with Crippen LogP contribution in [0, 0.1) is 0 Å². The number of pyridine rings is 1. The molecule has 2 N–H and O–H groups in total. The lowest BCUT2D eigenvalue weighted by molar-refractivity contribution is 0.0966. The summed E-state index contributed by atoms with van der Waals surface area (Å²) in [5.41, 5.74) is 1.12. The van der Waals surface area contributed by atoms with Gasteiger partial charge in [-0.15, -0.1) is 0 Å². The molecule has 1 aliphatic carbocycles. The van der Waals surface area contributed by atoms with E-state index < -0.39 is 11.6 Å². The van der Waals surface area contributed by atoms with Crippen LogP contribution < -0.4 is 0 Å². The van der Waals surface area contributed by atoms with Crippen molar-refractivity contribution in [2.45, 2.75) is 6.54 Å². The highest BCUT2D eigenvalue weighted by molar-refractivity contribution is 6.31. The van der Waals surface area contributed by atoms with E-state index in [0.717, 1.165) is 10.9 Å². The maximum absolute atomic E-state index is 13.5. The average Bonchev–Trinajstić information content (AvgIpc) is 3.24. The summed E-state index contributed by atoms with van der Waals surface area (Å²) in [6.45, 7) is 0.224. The first-order valence-corrected chi connectivity index (χ1v) is 10.0. The predicted molar refractivity (Wildman–Crippen MR) is 117 cm³/mol. The first kappa shape index (κ1) is 18.3. The summed E-state index contributed by atoms with van der Waals surface area (Å²) in [4.78, 5) is 35.4. The molecule has 0 amide bonds. The van der Waals surface area contributed by atoms with Gasteiger partial charge in [0.2, 0.25) is 11.6 Å². The number of hydrogen-bond donors (Lipinski definition) is 2. The third kappa shape index (κ3) is 2.42. The third-order valence-corrected chi connectivity index (χ3v) is 5.87. The Labute approximate surface area is 181 Å². The van der Waals surface area contributed by atoms with Crippen molar-refractivity contribution in [3.8, 4) is 11.5 Å². The number of fused-ring (bicyclic) bond motifs is 4. The second-order valence-corrected chi connectivity index (χ2v) is 7.72. The Morgan fingerprint density at radius 3 is 2.19 bits per heavy atom. The molecule has 1 aliphatic rings. The molecule has 0 spiro atoms. The van der Waals surface area contributed by atoms with Gasteiger partial charge < -0.3 is 14.8 Å². The maximum atomic E-state index is 13.5. The molecule has 0 saturated heterocycles. The Bertz CT molecular complexity index is 1620. The van der Waals surface area contributed by atoms with E-state index in [-0.39, 0.29) is 40.6 Å². The number of rotatable bonds is 2. The van der Waals surface area contributed by atoms with E-state index in [1.54, 1.807) is 28.8 Å². The highest BCUT2D eigenvalue weighted by Gasteiger charge is 2.39. The van der Waals surface area contributed by atoms with Crippen molar-refractivity contribution in [2.24, 2.45) is 0 Å². The van der Waals surface area contributed by atoms with Crippen molar-refractivity contribution in [3.05, 3.63) is 95.2 Å². The molecule has 32 heavy (non-hydrogen) atoms. The van der Waals surface area contributed by atoms with Crippen molar-refractivity contribution in [1.29, 1.82) is 0 Å². The number of imidazole rings is 1. The summed E-state index contributed by atoms with van der Waals surface area (Å²) >= 11 is 0. The van der Waals surface area contributed by atoms with Gasteiger partial charge in [-0.3, -0.25) is 14.6 Å². The first-order chi connectivity index (χ1) is 15.5. The number of carbonyl (C=O) groups is 2. The van der Waals surface area contributed by atoms with Gasteiger partial charge in [-0.1, -0.05) is 48.5 Å². The molecule has 0 atom stereocenters. The van der Waals surface area contributed by atoms with Crippen LogP contribution >= 0.6 is 0 Å². The van der Waals surface area contributed by atoms with Gasteiger partial charge in [0.25, 0.3) is 0 Å². The van der Waals surface area contributed by atoms with Gasteiger partial charge in [0.1, 0.15) is 22.9 Å². The molecule has 0 radical (unpaired) electrons. The molecule has 2 aromatic heterocycles. The van der Waals surface area contributed by atoms with Crippen LogP contribution in [-0.2, 0) is 6.54 Å². The zero-order valence-electron chi connectivity index (χ0n) is 16.6. The monoisotopic (exact) mass is 421 g/mol. The Kier molecular flexibility index (Phi) is 3.70. The van der Waals surface area contributed by atoms with Crippen molar-refractivity contribution in [2.75, 3.05) is 0 Å². The molecule has 0 saturated carbocycles. The van der Waals surface area contributed by atoms with Crippen LogP contribution in [0.2, 0.25) is 0 Å². The van der Waals surface area contributed by atoms with Crippen molar-refractivity contribution in [3.63, 3.8) is 0 Å². The van der Waals surface area contributed by atoms with Gasteiger partial charge in [-0.2, -0.15) is 0 Å². The van der Waals surface area contributed by atoms with Crippen molar-refractivity contribution < 1.29 is 19.8 Å². The van der Waals surface area contributed by atoms with E-state index in [9.17, 15) is 19.8 Å². The topological polar surface area (TPSA) is 105 Å². The molecule has 154 valence electrons. The zero-order valence-corrected chi connectivity index (χ0v) is 16.6. The van der Waals surface area contributed by atoms with Crippen LogP contribution in [0.1, 0.15) is 37.8 Å². The number of aromatic nitrogens is 3. The maximum Gasteiger partial charge on any atom is 0.218 e. The number of phenols is 2. The van der Waals surface area contributed by atoms with Crippen molar-refractivity contribution in [1.82, 2.24) is 14.5 Å². The lowest BCUT2D eigenvalue weighted by Crippen LogP contribution is -2.24. The first-order valence-electron chi connectivity index (χ1n) is 10.0. The van der Waals surface area contributed by atoms with Gasteiger partial charge in [-0.25, -0.2) is 4.98 Å². The molecule has 5 aromatic rings. The molecular formula is C25H15N3O4. The van der Waals surface area contributed by atoms with E-state index in [1.165, 1.54) is 6.33 Å². The number of carbonyl (C=O) groups excluding carboxylic acids is 2. The number of benzene rings is 3. The van der Waals surface area contributed by atoms with Gasteiger partial charge in [-0.05, 0) is 12.1 Å². The van der Waals surface area contributed by atoms with Gasteiger partial charge >= 0.3 is 0 Å². The molecule has 6 rings (SSSR count). The smallest absolute Gasteiger partial charge is 0.218 e. The minimum absolute atomic E-state index is 0.0479. The highest BCUT2D eigenvalue weighted by Crippen LogP contribution is 2.43. The molecule has 7 heteroatoms. The van der Waals surface area contributed by atoms with E-state index in [1.807, 2.05) is 36.4 Å². The molecule has 0 bridgehead atoms. The number of nitrogens with zero attached hydrogens (tertiary/aromatic N) is 3. The van der Waals surface area contributed by atoms with Crippen LogP contribution in [0.4, 0.5) is 0 Å². The van der Waals surface area contributed by atoms with Crippen LogP contribution in [-0.4, -0.2) is 36.3 Å². The SMILES string of the molecule is O=C1c2ncn(Cc3ccc4ccccc4n3)c2C(=O)c2c1c(O)c1ccccc1c2O. The fourth-order valence-electron chi connectivity index (χ4n) is 4.36. The lowest BCUT2D eigenvalue weighted by atomic mass is 9.86. The number of aromatic hydroxyl groups is 2. The van der Waals surface area contributed by atoms with E-state index >= 15 is 0 Å².